The molecule has 29 heavy (non-hydrogen) atoms. The molecule has 1 amide bonds. The number of pyridine rings is 1. The van der Waals surface area contributed by atoms with Crippen LogP contribution in [0.3, 0.4) is 0 Å². The number of hydrogen-bond donors (Lipinski definition) is 1. The van der Waals surface area contributed by atoms with Crippen molar-refractivity contribution in [3.63, 3.8) is 0 Å². The normalized spacial score (nSPS) is 17.9. The van der Waals surface area contributed by atoms with E-state index in [2.05, 4.69) is 4.98 Å². The molecule has 0 aliphatic carbocycles. The summed E-state index contributed by atoms with van der Waals surface area (Å²) in [6.45, 7) is 0.0468. The molecule has 1 aliphatic heterocycles. The van der Waals surface area contributed by atoms with Crippen molar-refractivity contribution in [2.24, 2.45) is 0 Å². The molecule has 1 aromatic heterocycles. The van der Waals surface area contributed by atoms with Crippen molar-refractivity contribution in [3.8, 4) is 5.75 Å². The van der Waals surface area contributed by atoms with E-state index in [1.54, 1.807) is 24.3 Å². The van der Waals surface area contributed by atoms with E-state index in [0.29, 0.717) is 24.3 Å². The Balaban J connectivity index is 1.59. The summed E-state index contributed by atoms with van der Waals surface area (Å²) >= 11 is 0. The highest BCUT2D eigenvalue weighted by Gasteiger charge is 2.38. The summed E-state index contributed by atoms with van der Waals surface area (Å²) in [6, 6.07) is 7.40. The number of nitrogens with zero attached hydrogens (tertiary/aromatic N) is 2. The van der Waals surface area contributed by atoms with E-state index in [0.717, 1.165) is 18.5 Å². The van der Waals surface area contributed by atoms with Crippen LogP contribution >= 0.6 is 0 Å². The Labute approximate surface area is 167 Å². The molecule has 1 aromatic carbocycles. The predicted octanol–water partition coefficient (Wildman–Crippen LogP) is 2.38. The SMILES string of the molecule is O=C(COc1ccc(CO)cc1)N1CC[C@@H](S(=O)c2cnccc2C(F)(F)F)C1. The number of aromatic nitrogens is 1. The maximum absolute atomic E-state index is 13.2. The van der Waals surface area contributed by atoms with E-state index in [4.69, 9.17) is 9.84 Å². The van der Waals surface area contributed by atoms with Crippen molar-refractivity contribution in [3.05, 3.63) is 53.9 Å². The fourth-order valence-corrected chi connectivity index (χ4v) is 4.57. The number of benzene rings is 1. The Morgan fingerprint density at radius 3 is 2.66 bits per heavy atom. The molecule has 3 rings (SSSR count). The quantitative estimate of drug-likeness (QED) is 0.764. The lowest BCUT2D eigenvalue weighted by molar-refractivity contribution is -0.140. The highest BCUT2D eigenvalue weighted by atomic mass is 32.2. The van der Waals surface area contributed by atoms with Crippen LogP contribution in [-0.2, 0) is 28.4 Å². The van der Waals surface area contributed by atoms with Gasteiger partial charge in [0.15, 0.2) is 6.61 Å². The second-order valence-electron chi connectivity index (χ2n) is 6.51. The first-order chi connectivity index (χ1) is 13.8. The molecule has 0 bridgehead atoms. The van der Waals surface area contributed by atoms with Gasteiger partial charge in [-0.05, 0) is 30.2 Å². The average molecular weight is 428 g/mol. The average Bonchev–Trinajstić information content (AvgIpc) is 3.21. The fourth-order valence-electron chi connectivity index (χ4n) is 3.01. The van der Waals surface area contributed by atoms with Crippen molar-refractivity contribution in [2.45, 2.75) is 29.3 Å². The van der Waals surface area contributed by atoms with Gasteiger partial charge in [-0.2, -0.15) is 13.2 Å². The summed E-state index contributed by atoms with van der Waals surface area (Å²) in [5.74, 6) is 0.123. The molecule has 1 N–H and O–H groups in total. The van der Waals surface area contributed by atoms with Gasteiger partial charge in [0.25, 0.3) is 5.91 Å². The molecule has 2 atom stereocenters. The van der Waals surface area contributed by atoms with Crippen molar-refractivity contribution in [1.29, 1.82) is 0 Å². The molecule has 1 aliphatic rings. The van der Waals surface area contributed by atoms with E-state index in [-0.39, 0.29) is 30.6 Å². The lowest BCUT2D eigenvalue weighted by Crippen LogP contribution is -2.34. The first-order valence-corrected chi connectivity index (χ1v) is 10.0. The van der Waals surface area contributed by atoms with E-state index in [1.807, 2.05) is 0 Å². The van der Waals surface area contributed by atoms with Crippen LogP contribution in [0.2, 0.25) is 0 Å². The Morgan fingerprint density at radius 2 is 2.00 bits per heavy atom. The van der Waals surface area contributed by atoms with Crippen LogP contribution in [0.1, 0.15) is 17.5 Å². The molecule has 0 spiro atoms. The lowest BCUT2D eigenvalue weighted by Gasteiger charge is -2.18. The Hall–Kier alpha value is -2.46. The maximum atomic E-state index is 13.2. The minimum atomic E-state index is -4.62. The highest BCUT2D eigenvalue weighted by Crippen LogP contribution is 2.34. The van der Waals surface area contributed by atoms with Crippen molar-refractivity contribution >= 4 is 16.7 Å². The van der Waals surface area contributed by atoms with Crippen molar-refractivity contribution in [2.75, 3.05) is 19.7 Å². The van der Waals surface area contributed by atoms with E-state index in [9.17, 15) is 22.2 Å². The molecule has 0 saturated carbocycles. The van der Waals surface area contributed by atoms with Crippen LogP contribution in [-0.4, -0.2) is 50.1 Å². The molecule has 10 heteroatoms. The number of rotatable bonds is 6. The summed E-state index contributed by atoms with van der Waals surface area (Å²) in [5, 5.41) is 8.41. The van der Waals surface area contributed by atoms with Gasteiger partial charge in [0, 0.05) is 25.5 Å². The van der Waals surface area contributed by atoms with Crippen LogP contribution in [0.15, 0.2) is 47.6 Å². The lowest BCUT2D eigenvalue weighted by atomic mass is 10.2. The van der Waals surface area contributed by atoms with E-state index in [1.165, 1.54) is 4.90 Å². The van der Waals surface area contributed by atoms with Crippen LogP contribution in [0, 0.1) is 0 Å². The zero-order chi connectivity index (χ0) is 21.0. The number of ether oxygens (including phenoxy) is 1. The van der Waals surface area contributed by atoms with Gasteiger partial charge in [-0.3, -0.25) is 14.0 Å². The van der Waals surface area contributed by atoms with Crippen LogP contribution in [0.5, 0.6) is 5.75 Å². The summed E-state index contributed by atoms with van der Waals surface area (Å²) in [6.07, 6.45) is -2.31. The molecule has 156 valence electrons. The minimum absolute atomic E-state index is 0.0877. The number of carbonyl (C=O) groups is 1. The third-order valence-electron chi connectivity index (χ3n) is 4.58. The number of aliphatic hydroxyl groups excluding tert-OH is 1. The van der Waals surface area contributed by atoms with Crippen LogP contribution in [0.4, 0.5) is 13.2 Å². The smallest absolute Gasteiger partial charge is 0.417 e. The van der Waals surface area contributed by atoms with Gasteiger partial charge in [-0.1, -0.05) is 12.1 Å². The number of halogens is 3. The summed E-state index contributed by atoms with van der Waals surface area (Å²) in [7, 11) is -1.94. The molecule has 1 unspecified atom stereocenters. The number of aliphatic hydroxyl groups is 1. The van der Waals surface area contributed by atoms with Crippen molar-refractivity contribution < 1.29 is 32.0 Å². The number of alkyl halides is 3. The molecule has 2 heterocycles. The zero-order valence-electron chi connectivity index (χ0n) is 15.3. The predicted molar refractivity (Wildman–Crippen MR) is 98.5 cm³/mol. The highest BCUT2D eigenvalue weighted by molar-refractivity contribution is 7.85. The standard InChI is InChI=1S/C19H19F3N2O4S/c20-19(21,22)16-5-7-23-9-17(16)29(27)15-6-8-24(10-15)18(26)12-28-14-3-1-13(11-25)2-4-14/h1-5,7,9,15,25H,6,8,10-12H2/t15-,29?/m1/s1. The van der Waals surface area contributed by atoms with Gasteiger partial charge in [0.2, 0.25) is 0 Å². The summed E-state index contributed by atoms with van der Waals surface area (Å²) < 4.78 is 57.6. The van der Waals surface area contributed by atoms with Gasteiger partial charge in [0.1, 0.15) is 5.75 Å². The van der Waals surface area contributed by atoms with Gasteiger partial charge < -0.3 is 14.7 Å². The molecule has 2 aromatic rings. The van der Waals surface area contributed by atoms with Crippen LogP contribution < -0.4 is 4.74 Å². The van der Waals surface area contributed by atoms with Gasteiger partial charge in [-0.25, -0.2) is 0 Å². The summed E-state index contributed by atoms with van der Waals surface area (Å²) in [4.78, 5) is 17.1. The zero-order valence-corrected chi connectivity index (χ0v) is 16.1. The van der Waals surface area contributed by atoms with Gasteiger partial charge >= 0.3 is 6.18 Å². The maximum Gasteiger partial charge on any atom is 0.417 e. The first kappa shape index (κ1) is 21.3. The molecule has 0 radical (unpaired) electrons. The monoisotopic (exact) mass is 428 g/mol. The number of amides is 1. The Morgan fingerprint density at radius 1 is 1.28 bits per heavy atom. The topological polar surface area (TPSA) is 79.7 Å². The summed E-state index contributed by atoms with van der Waals surface area (Å²) in [5.41, 5.74) is -0.257. The first-order valence-electron chi connectivity index (χ1n) is 8.81. The van der Waals surface area contributed by atoms with E-state index >= 15 is 0 Å². The second-order valence-corrected chi connectivity index (χ2v) is 8.21. The number of hydrogen-bond acceptors (Lipinski definition) is 5. The third kappa shape index (κ3) is 5.13. The minimum Gasteiger partial charge on any atom is -0.484 e. The fraction of sp³-hybridized carbons (Fsp3) is 0.368. The molecular weight excluding hydrogens is 409 g/mol. The third-order valence-corrected chi connectivity index (χ3v) is 6.32. The molecule has 6 nitrogen and oxygen atoms in total. The molecular formula is C19H19F3N2O4S. The largest absolute Gasteiger partial charge is 0.484 e. The van der Waals surface area contributed by atoms with Crippen molar-refractivity contribution in [1.82, 2.24) is 9.88 Å². The Kier molecular flexibility index (Phi) is 6.53. The number of carbonyl (C=O) groups excluding carboxylic acids is 1. The molecule has 1 saturated heterocycles. The Bertz CT molecular complexity index is 890. The number of likely N-dealkylation sites (tertiary alicyclic amines) is 1. The van der Waals surface area contributed by atoms with E-state index < -0.39 is 27.8 Å². The van der Waals surface area contributed by atoms with Crippen LogP contribution in [0.25, 0.3) is 0 Å². The van der Waals surface area contributed by atoms with Gasteiger partial charge in [-0.15, -0.1) is 0 Å². The second kappa shape index (κ2) is 8.91. The van der Waals surface area contributed by atoms with Gasteiger partial charge in [0.05, 0.1) is 33.1 Å². The molecule has 1 fully saturated rings.